The Morgan fingerprint density at radius 1 is 1.14 bits per heavy atom. The van der Waals surface area contributed by atoms with E-state index in [4.69, 9.17) is 9.47 Å². The zero-order valence-corrected chi connectivity index (χ0v) is 13.4. The van der Waals surface area contributed by atoms with E-state index in [1.54, 1.807) is 6.07 Å². The summed E-state index contributed by atoms with van der Waals surface area (Å²) < 4.78 is 12.2. The smallest absolute Gasteiger partial charge is 0.256 e. The second kappa shape index (κ2) is 5.32. The first kappa shape index (κ1) is 13.6. The molecule has 0 aliphatic carbocycles. The SMILES string of the molecule is O=C(Nc1c2c(cc3c1OCC3)OCC2)c1ccccc1Br. The summed E-state index contributed by atoms with van der Waals surface area (Å²) in [5, 5.41) is 3.03. The molecular formula is C17H14BrNO3. The lowest BCUT2D eigenvalue weighted by atomic mass is 10.0. The monoisotopic (exact) mass is 359 g/mol. The summed E-state index contributed by atoms with van der Waals surface area (Å²) in [6.45, 7) is 1.30. The molecule has 2 aliphatic heterocycles. The fourth-order valence-corrected chi connectivity index (χ4v) is 3.41. The van der Waals surface area contributed by atoms with Crippen LogP contribution in [0.2, 0.25) is 0 Å². The van der Waals surface area contributed by atoms with Crippen LogP contribution in [-0.2, 0) is 12.8 Å². The van der Waals surface area contributed by atoms with Gasteiger partial charge in [0.2, 0.25) is 0 Å². The number of nitrogens with one attached hydrogen (secondary N) is 1. The lowest BCUT2D eigenvalue weighted by Gasteiger charge is -2.14. The molecule has 5 heteroatoms. The van der Waals surface area contributed by atoms with Crippen molar-refractivity contribution in [3.63, 3.8) is 0 Å². The number of hydrogen-bond acceptors (Lipinski definition) is 3. The first-order valence-corrected chi connectivity index (χ1v) is 8.03. The molecule has 0 bridgehead atoms. The quantitative estimate of drug-likeness (QED) is 0.891. The molecule has 0 unspecified atom stereocenters. The third-order valence-corrected chi connectivity index (χ3v) is 4.70. The van der Waals surface area contributed by atoms with Crippen LogP contribution in [0.25, 0.3) is 0 Å². The third-order valence-electron chi connectivity index (χ3n) is 4.01. The minimum absolute atomic E-state index is 0.148. The number of amides is 1. The molecule has 0 saturated carbocycles. The molecule has 4 rings (SSSR count). The number of fused-ring (bicyclic) bond motifs is 2. The Morgan fingerprint density at radius 3 is 2.82 bits per heavy atom. The van der Waals surface area contributed by atoms with Gasteiger partial charge in [-0.2, -0.15) is 0 Å². The van der Waals surface area contributed by atoms with Gasteiger partial charge in [-0.05, 0) is 34.1 Å². The maximum absolute atomic E-state index is 12.6. The summed E-state index contributed by atoms with van der Waals surface area (Å²) in [6.07, 6.45) is 1.64. The third kappa shape index (κ3) is 2.16. The van der Waals surface area contributed by atoms with Crippen molar-refractivity contribution in [2.45, 2.75) is 12.8 Å². The van der Waals surface area contributed by atoms with E-state index in [2.05, 4.69) is 21.2 Å². The summed E-state index contributed by atoms with van der Waals surface area (Å²) in [6, 6.07) is 9.42. The van der Waals surface area contributed by atoms with E-state index in [1.165, 1.54) is 0 Å². The van der Waals surface area contributed by atoms with Gasteiger partial charge in [0, 0.05) is 28.4 Å². The van der Waals surface area contributed by atoms with E-state index in [9.17, 15) is 4.79 Å². The highest BCUT2D eigenvalue weighted by molar-refractivity contribution is 9.10. The average Bonchev–Trinajstić information content (AvgIpc) is 3.15. The van der Waals surface area contributed by atoms with E-state index in [0.29, 0.717) is 18.8 Å². The summed E-state index contributed by atoms with van der Waals surface area (Å²) in [5.41, 5.74) is 3.50. The molecule has 4 nitrogen and oxygen atoms in total. The van der Waals surface area contributed by atoms with E-state index >= 15 is 0 Å². The van der Waals surface area contributed by atoms with Crippen LogP contribution in [0.3, 0.4) is 0 Å². The number of hydrogen-bond donors (Lipinski definition) is 1. The zero-order valence-electron chi connectivity index (χ0n) is 11.8. The number of carbonyl (C=O) groups is 1. The summed E-state index contributed by atoms with van der Waals surface area (Å²) in [5.74, 6) is 1.52. The highest BCUT2D eigenvalue weighted by Crippen LogP contribution is 2.44. The Kier molecular flexibility index (Phi) is 3.30. The van der Waals surface area contributed by atoms with Crippen molar-refractivity contribution in [1.82, 2.24) is 0 Å². The number of anilines is 1. The van der Waals surface area contributed by atoms with Crippen molar-refractivity contribution >= 4 is 27.5 Å². The minimum Gasteiger partial charge on any atom is -0.493 e. The van der Waals surface area contributed by atoms with Gasteiger partial charge in [0.05, 0.1) is 24.5 Å². The molecule has 22 heavy (non-hydrogen) atoms. The van der Waals surface area contributed by atoms with E-state index in [1.807, 2.05) is 24.3 Å². The Bertz CT molecular complexity index is 740. The van der Waals surface area contributed by atoms with Crippen molar-refractivity contribution in [3.8, 4) is 11.5 Å². The van der Waals surface area contributed by atoms with Crippen LogP contribution in [0.4, 0.5) is 5.69 Å². The maximum Gasteiger partial charge on any atom is 0.256 e. The molecule has 0 saturated heterocycles. The van der Waals surface area contributed by atoms with Crippen molar-refractivity contribution in [1.29, 1.82) is 0 Å². The number of halogens is 1. The van der Waals surface area contributed by atoms with Gasteiger partial charge in [0.1, 0.15) is 11.5 Å². The molecule has 0 spiro atoms. The van der Waals surface area contributed by atoms with Crippen molar-refractivity contribution < 1.29 is 14.3 Å². The van der Waals surface area contributed by atoms with Gasteiger partial charge in [-0.25, -0.2) is 0 Å². The normalized spacial score (nSPS) is 14.8. The molecule has 0 radical (unpaired) electrons. The van der Waals surface area contributed by atoms with Crippen LogP contribution in [0.1, 0.15) is 21.5 Å². The number of carbonyl (C=O) groups excluding carboxylic acids is 1. The predicted molar refractivity (Wildman–Crippen MR) is 86.9 cm³/mol. The molecule has 2 heterocycles. The molecule has 0 aromatic heterocycles. The molecule has 2 aliphatic rings. The van der Waals surface area contributed by atoms with Crippen LogP contribution >= 0.6 is 15.9 Å². The van der Waals surface area contributed by atoms with Crippen LogP contribution in [0.5, 0.6) is 11.5 Å². The summed E-state index contributed by atoms with van der Waals surface area (Å²) >= 11 is 3.42. The molecule has 1 amide bonds. The highest BCUT2D eigenvalue weighted by atomic mass is 79.9. The average molecular weight is 360 g/mol. The Morgan fingerprint density at radius 2 is 1.95 bits per heavy atom. The fraction of sp³-hybridized carbons (Fsp3) is 0.235. The Balaban J connectivity index is 1.75. The fourth-order valence-electron chi connectivity index (χ4n) is 2.94. The molecule has 1 N–H and O–H groups in total. The lowest BCUT2D eigenvalue weighted by Crippen LogP contribution is -2.14. The summed E-state index contributed by atoms with van der Waals surface area (Å²) in [7, 11) is 0. The number of rotatable bonds is 2. The van der Waals surface area contributed by atoms with Gasteiger partial charge in [-0.3, -0.25) is 4.79 Å². The van der Waals surface area contributed by atoms with Crippen LogP contribution in [0, 0.1) is 0 Å². The number of benzene rings is 2. The van der Waals surface area contributed by atoms with Crippen molar-refractivity contribution in [2.75, 3.05) is 18.5 Å². The topological polar surface area (TPSA) is 47.6 Å². The second-order valence-corrected chi connectivity index (χ2v) is 6.20. The lowest BCUT2D eigenvalue weighted by molar-refractivity contribution is 0.102. The van der Waals surface area contributed by atoms with Crippen molar-refractivity contribution in [3.05, 3.63) is 51.5 Å². The first-order chi connectivity index (χ1) is 10.7. The maximum atomic E-state index is 12.6. The second-order valence-electron chi connectivity index (χ2n) is 5.35. The largest absolute Gasteiger partial charge is 0.493 e. The van der Waals surface area contributed by atoms with E-state index in [0.717, 1.165) is 45.6 Å². The molecule has 0 atom stereocenters. The van der Waals surface area contributed by atoms with Gasteiger partial charge >= 0.3 is 0 Å². The molecule has 0 fully saturated rings. The van der Waals surface area contributed by atoms with Gasteiger partial charge in [-0.1, -0.05) is 12.1 Å². The van der Waals surface area contributed by atoms with Gasteiger partial charge in [0.25, 0.3) is 5.91 Å². The van der Waals surface area contributed by atoms with Gasteiger partial charge in [0.15, 0.2) is 0 Å². The minimum atomic E-state index is -0.148. The van der Waals surface area contributed by atoms with E-state index in [-0.39, 0.29) is 5.91 Å². The molecule has 112 valence electrons. The Hall–Kier alpha value is -2.01. The van der Waals surface area contributed by atoms with Crippen LogP contribution in [0.15, 0.2) is 34.8 Å². The number of ether oxygens (including phenoxy) is 2. The van der Waals surface area contributed by atoms with Crippen molar-refractivity contribution in [2.24, 2.45) is 0 Å². The van der Waals surface area contributed by atoms with Crippen LogP contribution in [-0.4, -0.2) is 19.1 Å². The Labute approximate surface area is 136 Å². The zero-order chi connectivity index (χ0) is 15.1. The van der Waals surface area contributed by atoms with Gasteiger partial charge in [-0.15, -0.1) is 0 Å². The predicted octanol–water partition coefficient (Wildman–Crippen LogP) is 3.57. The highest BCUT2D eigenvalue weighted by Gasteiger charge is 2.28. The molecule has 2 aromatic rings. The van der Waals surface area contributed by atoms with Gasteiger partial charge < -0.3 is 14.8 Å². The first-order valence-electron chi connectivity index (χ1n) is 7.24. The van der Waals surface area contributed by atoms with E-state index < -0.39 is 0 Å². The standard InChI is InChI=1S/C17H14BrNO3/c18-13-4-2-1-3-11(13)17(20)19-15-12-6-8-21-14(12)9-10-5-7-22-16(10)15/h1-4,9H,5-8H2,(H,19,20). The summed E-state index contributed by atoms with van der Waals surface area (Å²) in [4.78, 5) is 12.6. The van der Waals surface area contributed by atoms with Crippen LogP contribution < -0.4 is 14.8 Å². The molecular weight excluding hydrogens is 346 g/mol. The molecule has 2 aromatic carbocycles.